The summed E-state index contributed by atoms with van der Waals surface area (Å²) in [5.41, 5.74) is 1.41. The number of rotatable bonds is 4. The van der Waals surface area contributed by atoms with Crippen LogP contribution in [0.2, 0.25) is 0 Å². The van der Waals surface area contributed by atoms with Crippen molar-refractivity contribution in [1.82, 2.24) is 19.4 Å². The molecule has 202 valence electrons. The van der Waals surface area contributed by atoms with Crippen LogP contribution in [-0.4, -0.2) is 80.0 Å². The molecule has 0 unspecified atom stereocenters. The normalized spacial score (nSPS) is 16.7. The summed E-state index contributed by atoms with van der Waals surface area (Å²) in [6.45, 7) is 8.02. The highest BCUT2D eigenvalue weighted by atomic mass is 32.1. The fourth-order valence-electron chi connectivity index (χ4n) is 3.61. The largest absolute Gasteiger partial charge is 0.490 e. The van der Waals surface area contributed by atoms with Crippen LogP contribution < -0.4 is 0 Å². The zero-order valence-electron chi connectivity index (χ0n) is 19.1. The first-order valence-electron chi connectivity index (χ1n) is 10.9. The van der Waals surface area contributed by atoms with Crippen molar-refractivity contribution >= 4 is 23.3 Å². The number of aliphatic carboxylic acids is 2. The summed E-state index contributed by atoms with van der Waals surface area (Å²) in [6, 6.07) is 4.39. The van der Waals surface area contributed by atoms with Crippen molar-refractivity contribution < 1.29 is 46.1 Å². The molecule has 2 aromatic heterocycles. The molecule has 2 aliphatic heterocycles. The summed E-state index contributed by atoms with van der Waals surface area (Å²) < 4.78 is 66.0. The summed E-state index contributed by atoms with van der Waals surface area (Å²) in [7, 11) is 0. The SMILES string of the molecule is O=C(O)C(F)(F)F.O=C(O)C(F)(F)F.c1csc(CN2CCc3ncc(CN4CCCC4)n3CC2)c1. The average Bonchev–Trinajstić information content (AvgIpc) is 3.51. The van der Waals surface area contributed by atoms with Crippen LogP contribution in [0.4, 0.5) is 26.3 Å². The third kappa shape index (κ3) is 9.78. The number of thiophene rings is 1. The number of halogens is 6. The van der Waals surface area contributed by atoms with Gasteiger partial charge in [0.15, 0.2) is 0 Å². The van der Waals surface area contributed by atoms with E-state index in [1.807, 2.05) is 11.3 Å². The number of fused-ring (bicyclic) bond motifs is 1. The Labute approximate surface area is 206 Å². The van der Waals surface area contributed by atoms with Gasteiger partial charge in [-0.05, 0) is 37.4 Å². The van der Waals surface area contributed by atoms with Crippen molar-refractivity contribution in [3.05, 3.63) is 40.1 Å². The molecule has 1 saturated heterocycles. The number of hydrogen-bond donors (Lipinski definition) is 2. The standard InChI is InChI=1S/C17H24N4S.2C2HF3O2/c1-2-7-19(6-1)13-15-12-18-17-5-8-20(9-10-21(15)17)14-16-4-3-11-22-16;2*3-2(4,5)1(6)7/h3-4,11-12H,1-2,5-10,13-14H2;2*(H,6,7). The molecule has 0 bridgehead atoms. The van der Waals surface area contributed by atoms with Crippen molar-refractivity contribution in [2.45, 2.75) is 51.2 Å². The van der Waals surface area contributed by atoms with Gasteiger partial charge in [0.1, 0.15) is 5.82 Å². The molecule has 36 heavy (non-hydrogen) atoms. The van der Waals surface area contributed by atoms with Gasteiger partial charge in [-0.2, -0.15) is 26.3 Å². The quantitative estimate of drug-likeness (QED) is 0.564. The molecular formula is C21H26F6N4O4S. The van der Waals surface area contributed by atoms with Crippen molar-refractivity contribution in [2.24, 2.45) is 0 Å². The fourth-order valence-corrected chi connectivity index (χ4v) is 4.36. The van der Waals surface area contributed by atoms with E-state index in [1.54, 1.807) is 0 Å². The highest BCUT2D eigenvalue weighted by Crippen LogP contribution is 2.19. The predicted octanol–water partition coefficient (Wildman–Crippen LogP) is 3.87. The van der Waals surface area contributed by atoms with Gasteiger partial charge in [0.2, 0.25) is 0 Å². The van der Waals surface area contributed by atoms with Crippen LogP contribution in [-0.2, 0) is 35.6 Å². The third-order valence-corrected chi connectivity index (χ3v) is 6.20. The molecule has 15 heteroatoms. The first-order valence-corrected chi connectivity index (χ1v) is 11.8. The molecule has 0 atom stereocenters. The molecule has 4 heterocycles. The lowest BCUT2D eigenvalue weighted by Gasteiger charge is -2.19. The second-order valence-electron chi connectivity index (χ2n) is 8.01. The molecule has 0 aromatic carbocycles. The third-order valence-electron chi connectivity index (χ3n) is 5.34. The second kappa shape index (κ2) is 13.1. The van der Waals surface area contributed by atoms with Gasteiger partial charge in [-0.25, -0.2) is 14.6 Å². The molecule has 0 spiro atoms. The van der Waals surface area contributed by atoms with E-state index in [1.165, 1.54) is 42.3 Å². The Morgan fingerprint density at radius 3 is 1.94 bits per heavy atom. The predicted molar refractivity (Wildman–Crippen MR) is 117 cm³/mol. The van der Waals surface area contributed by atoms with Crippen LogP contribution >= 0.6 is 11.3 Å². The Hall–Kier alpha value is -2.65. The number of imidazole rings is 1. The molecule has 2 aliphatic rings. The Bertz CT molecular complexity index is 948. The van der Waals surface area contributed by atoms with E-state index >= 15 is 0 Å². The van der Waals surface area contributed by atoms with Gasteiger partial charge in [-0.1, -0.05) is 6.07 Å². The number of carboxylic acid groups (broad SMARTS) is 2. The minimum atomic E-state index is -5.08. The number of likely N-dealkylation sites (tertiary alicyclic amines) is 1. The van der Waals surface area contributed by atoms with Crippen LogP contribution in [0.3, 0.4) is 0 Å². The van der Waals surface area contributed by atoms with E-state index in [0.29, 0.717) is 0 Å². The highest BCUT2D eigenvalue weighted by molar-refractivity contribution is 7.09. The summed E-state index contributed by atoms with van der Waals surface area (Å²) in [5, 5.41) is 16.4. The number of hydrogen-bond acceptors (Lipinski definition) is 6. The number of nitrogens with zero attached hydrogens (tertiary/aromatic N) is 4. The zero-order chi connectivity index (χ0) is 26.9. The summed E-state index contributed by atoms with van der Waals surface area (Å²) in [4.78, 5) is 29.1. The Balaban J connectivity index is 0.000000271. The number of aromatic nitrogens is 2. The molecule has 0 amide bonds. The minimum absolute atomic E-state index is 1.07. The lowest BCUT2D eigenvalue weighted by atomic mass is 10.3. The lowest BCUT2D eigenvalue weighted by molar-refractivity contribution is -0.193. The molecule has 0 radical (unpaired) electrons. The Morgan fingerprint density at radius 2 is 1.44 bits per heavy atom. The van der Waals surface area contributed by atoms with E-state index in [2.05, 4.69) is 38.1 Å². The number of carboxylic acids is 2. The Kier molecular flexibility index (Phi) is 10.7. The molecule has 2 aromatic rings. The lowest BCUT2D eigenvalue weighted by Crippen LogP contribution is -2.26. The van der Waals surface area contributed by atoms with Gasteiger partial charge in [-0.3, -0.25) is 9.80 Å². The average molecular weight is 545 g/mol. The topological polar surface area (TPSA) is 98.9 Å². The van der Waals surface area contributed by atoms with E-state index in [4.69, 9.17) is 24.8 Å². The second-order valence-corrected chi connectivity index (χ2v) is 9.04. The van der Waals surface area contributed by atoms with Crippen molar-refractivity contribution in [2.75, 3.05) is 26.2 Å². The van der Waals surface area contributed by atoms with Crippen LogP contribution in [0.1, 0.15) is 29.2 Å². The number of alkyl halides is 6. The van der Waals surface area contributed by atoms with Crippen LogP contribution in [0.15, 0.2) is 23.7 Å². The maximum Gasteiger partial charge on any atom is 0.490 e. The molecule has 8 nitrogen and oxygen atoms in total. The van der Waals surface area contributed by atoms with Gasteiger partial charge in [-0.15, -0.1) is 11.3 Å². The zero-order valence-corrected chi connectivity index (χ0v) is 19.9. The summed E-state index contributed by atoms with van der Waals surface area (Å²) in [5.74, 6) is -4.23. The smallest absolute Gasteiger partial charge is 0.475 e. The van der Waals surface area contributed by atoms with E-state index in [9.17, 15) is 26.3 Å². The van der Waals surface area contributed by atoms with Crippen molar-refractivity contribution in [3.63, 3.8) is 0 Å². The van der Waals surface area contributed by atoms with Gasteiger partial charge < -0.3 is 14.8 Å². The fraction of sp³-hybridized carbons (Fsp3) is 0.571. The maximum atomic E-state index is 10.6. The molecular weight excluding hydrogens is 518 g/mol. The number of carbonyl (C=O) groups is 2. The van der Waals surface area contributed by atoms with Gasteiger partial charge in [0, 0.05) is 50.2 Å². The first kappa shape index (κ1) is 29.6. The van der Waals surface area contributed by atoms with Crippen LogP contribution in [0.5, 0.6) is 0 Å². The van der Waals surface area contributed by atoms with E-state index in [-0.39, 0.29) is 0 Å². The molecule has 0 saturated carbocycles. The van der Waals surface area contributed by atoms with E-state index in [0.717, 1.165) is 39.1 Å². The molecule has 1 fully saturated rings. The molecule has 0 aliphatic carbocycles. The van der Waals surface area contributed by atoms with Crippen molar-refractivity contribution in [1.29, 1.82) is 0 Å². The monoisotopic (exact) mass is 544 g/mol. The summed E-state index contributed by atoms with van der Waals surface area (Å²) in [6.07, 6.45) is -4.26. The van der Waals surface area contributed by atoms with Crippen LogP contribution in [0, 0.1) is 0 Å². The highest BCUT2D eigenvalue weighted by Gasteiger charge is 2.38. The van der Waals surface area contributed by atoms with E-state index < -0.39 is 24.3 Å². The van der Waals surface area contributed by atoms with Gasteiger partial charge in [0.05, 0.1) is 5.69 Å². The van der Waals surface area contributed by atoms with Crippen molar-refractivity contribution in [3.8, 4) is 0 Å². The first-order chi connectivity index (χ1) is 16.8. The van der Waals surface area contributed by atoms with Crippen LogP contribution in [0.25, 0.3) is 0 Å². The van der Waals surface area contributed by atoms with Gasteiger partial charge >= 0.3 is 24.3 Å². The molecule has 2 N–H and O–H groups in total. The molecule has 4 rings (SSSR count). The summed E-state index contributed by atoms with van der Waals surface area (Å²) >= 11 is 1.86. The Morgan fingerprint density at radius 1 is 0.889 bits per heavy atom. The maximum absolute atomic E-state index is 10.6. The van der Waals surface area contributed by atoms with Gasteiger partial charge in [0.25, 0.3) is 0 Å². The minimum Gasteiger partial charge on any atom is -0.475 e.